The van der Waals surface area contributed by atoms with Crippen LogP contribution in [0.1, 0.15) is 10.4 Å². The first-order valence-corrected chi connectivity index (χ1v) is 8.08. The Bertz CT molecular complexity index is 802. The molecule has 0 saturated heterocycles. The Labute approximate surface area is 141 Å². The van der Waals surface area contributed by atoms with Crippen molar-refractivity contribution in [1.82, 2.24) is 4.98 Å². The van der Waals surface area contributed by atoms with E-state index < -0.39 is 0 Å². The summed E-state index contributed by atoms with van der Waals surface area (Å²) in [4.78, 5) is 16.5. The van der Waals surface area contributed by atoms with Gasteiger partial charge in [-0.05, 0) is 52.7 Å². The molecule has 0 saturated carbocycles. The number of thiophene rings is 1. The number of benzene rings is 1. The molecule has 6 heteroatoms. The van der Waals surface area contributed by atoms with E-state index in [1.807, 2.05) is 16.8 Å². The third-order valence-corrected chi connectivity index (χ3v) is 4.28. The van der Waals surface area contributed by atoms with Crippen LogP contribution in [0.3, 0.4) is 0 Å². The van der Waals surface area contributed by atoms with E-state index in [0.717, 1.165) is 11.1 Å². The topological polar surface area (TPSA) is 42.0 Å². The fraction of sp³-hybridized carbons (Fsp3) is 0. The lowest BCUT2D eigenvalue weighted by Crippen LogP contribution is -2.13. The average Bonchev–Trinajstić information content (AvgIpc) is 3.04. The van der Waals surface area contributed by atoms with Gasteiger partial charge in [-0.25, -0.2) is 4.98 Å². The average molecular weight is 349 g/mol. The summed E-state index contributed by atoms with van der Waals surface area (Å²) in [7, 11) is 0. The van der Waals surface area contributed by atoms with E-state index in [1.165, 1.54) is 0 Å². The van der Waals surface area contributed by atoms with Crippen LogP contribution in [0, 0.1) is 0 Å². The van der Waals surface area contributed by atoms with Crippen LogP contribution in [0.5, 0.6) is 0 Å². The molecule has 3 nitrogen and oxygen atoms in total. The molecule has 2 aromatic heterocycles. The molecule has 1 aromatic carbocycles. The Hall–Kier alpha value is -1.88. The van der Waals surface area contributed by atoms with Gasteiger partial charge >= 0.3 is 0 Å². The molecule has 22 heavy (non-hydrogen) atoms. The molecule has 2 heterocycles. The van der Waals surface area contributed by atoms with Gasteiger partial charge in [-0.15, -0.1) is 0 Å². The van der Waals surface area contributed by atoms with Crippen molar-refractivity contribution >= 4 is 46.1 Å². The molecule has 0 radical (unpaired) electrons. The van der Waals surface area contributed by atoms with E-state index in [-0.39, 0.29) is 11.1 Å². The molecule has 3 aromatic rings. The fourth-order valence-corrected chi connectivity index (χ4v) is 2.91. The highest BCUT2D eigenvalue weighted by Gasteiger charge is 2.13. The highest BCUT2D eigenvalue weighted by Crippen LogP contribution is 2.25. The first-order chi connectivity index (χ1) is 10.6. The number of hydrogen-bond donors (Lipinski definition) is 1. The second-order valence-corrected chi connectivity index (χ2v) is 6.11. The van der Waals surface area contributed by atoms with Gasteiger partial charge in [-0.1, -0.05) is 23.2 Å². The largest absolute Gasteiger partial charge is 0.322 e. The summed E-state index contributed by atoms with van der Waals surface area (Å²) in [6.07, 6.45) is 1.66. The molecule has 0 atom stereocenters. The first-order valence-electron chi connectivity index (χ1n) is 6.38. The first kappa shape index (κ1) is 15.0. The molecule has 0 unspecified atom stereocenters. The third kappa shape index (κ3) is 3.30. The number of amides is 1. The van der Waals surface area contributed by atoms with E-state index in [4.69, 9.17) is 23.2 Å². The second kappa shape index (κ2) is 6.48. The van der Waals surface area contributed by atoms with Crippen LogP contribution >= 0.6 is 34.5 Å². The molecule has 0 aliphatic rings. The van der Waals surface area contributed by atoms with Crippen LogP contribution in [0.4, 0.5) is 5.69 Å². The van der Waals surface area contributed by atoms with Crippen molar-refractivity contribution in [2.24, 2.45) is 0 Å². The standard InChI is InChI=1S/C16H10Cl2N2OS/c17-12-1-3-13(4-2-12)20-16(21)14-7-11(8-19-15(14)18)10-5-6-22-9-10/h1-9H,(H,20,21). The van der Waals surface area contributed by atoms with Gasteiger partial charge < -0.3 is 5.32 Å². The lowest BCUT2D eigenvalue weighted by Gasteiger charge is -2.08. The van der Waals surface area contributed by atoms with Crippen molar-refractivity contribution < 1.29 is 4.79 Å². The quantitative estimate of drug-likeness (QED) is 0.646. The highest BCUT2D eigenvalue weighted by atomic mass is 35.5. The Balaban J connectivity index is 1.88. The lowest BCUT2D eigenvalue weighted by atomic mass is 10.1. The third-order valence-electron chi connectivity index (χ3n) is 3.04. The predicted molar refractivity (Wildman–Crippen MR) is 92.0 cm³/mol. The van der Waals surface area contributed by atoms with Crippen LogP contribution in [-0.4, -0.2) is 10.9 Å². The Morgan fingerprint density at radius 2 is 1.86 bits per heavy atom. The number of hydrogen-bond acceptors (Lipinski definition) is 3. The molecule has 110 valence electrons. The van der Waals surface area contributed by atoms with Crippen molar-refractivity contribution in [3.63, 3.8) is 0 Å². The van der Waals surface area contributed by atoms with E-state index in [0.29, 0.717) is 16.3 Å². The SMILES string of the molecule is O=C(Nc1ccc(Cl)cc1)c1cc(-c2ccsc2)cnc1Cl. The summed E-state index contributed by atoms with van der Waals surface area (Å²) >= 11 is 13.5. The molecule has 1 amide bonds. The monoisotopic (exact) mass is 348 g/mol. The highest BCUT2D eigenvalue weighted by molar-refractivity contribution is 7.08. The second-order valence-electron chi connectivity index (χ2n) is 4.54. The minimum Gasteiger partial charge on any atom is -0.322 e. The number of pyridine rings is 1. The van der Waals surface area contributed by atoms with Gasteiger partial charge in [0.15, 0.2) is 0 Å². The van der Waals surface area contributed by atoms with Crippen molar-refractivity contribution in [2.45, 2.75) is 0 Å². The number of aromatic nitrogens is 1. The zero-order chi connectivity index (χ0) is 15.5. The Morgan fingerprint density at radius 3 is 2.55 bits per heavy atom. The summed E-state index contributed by atoms with van der Waals surface area (Å²) < 4.78 is 0. The number of halogens is 2. The molecular formula is C16H10Cl2N2OS. The predicted octanol–water partition coefficient (Wildman–Crippen LogP) is 5.37. The maximum Gasteiger partial charge on any atom is 0.258 e. The van der Waals surface area contributed by atoms with Gasteiger partial charge in [0.1, 0.15) is 5.15 Å². The van der Waals surface area contributed by atoms with Crippen LogP contribution < -0.4 is 5.32 Å². The molecule has 0 aliphatic heterocycles. The molecule has 3 rings (SSSR count). The number of nitrogens with zero attached hydrogens (tertiary/aromatic N) is 1. The zero-order valence-corrected chi connectivity index (χ0v) is 13.5. The number of carbonyl (C=O) groups is 1. The summed E-state index contributed by atoms with van der Waals surface area (Å²) in [5.74, 6) is -0.308. The van der Waals surface area contributed by atoms with Crippen LogP contribution in [0.2, 0.25) is 10.2 Å². The summed E-state index contributed by atoms with van der Waals surface area (Å²) in [5, 5.41) is 7.52. The van der Waals surface area contributed by atoms with Crippen molar-refractivity contribution in [3.05, 3.63) is 69.1 Å². The molecule has 0 aliphatic carbocycles. The minimum absolute atomic E-state index is 0.172. The molecule has 0 spiro atoms. The number of anilines is 1. The zero-order valence-electron chi connectivity index (χ0n) is 11.2. The van der Waals surface area contributed by atoms with Crippen LogP contribution in [0.25, 0.3) is 11.1 Å². The van der Waals surface area contributed by atoms with E-state index >= 15 is 0 Å². The van der Waals surface area contributed by atoms with E-state index in [2.05, 4.69) is 10.3 Å². The summed E-state index contributed by atoms with van der Waals surface area (Å²) in [5.41, 5.74) is 2.84. The molecule has 0 bridgehead atoms. The number of carbonyl (C=O) groups excluding carboxylic acids is 1. The molecule has 0 fully saturated rings. The maximum atomic E-state index is 12.4. The van der Waals surface area contributed by atoms with Crippen LogP contribution in [-0.2, 0) is 0 Å². The Kier molecular flexibility index (Phi) is 4.43. The molecule has 1 N–H and O–H groups in total. The van der Waals surface area contributed by atoms with Crippen molar-refractivity contribution in [3.8, 4) is 11.1 Å². The van der Waals surface area contributed by atoms with Crippen LogP contribution in [0.15, 0.2) is 53.4 Å². The normalized spacial score (nSPS) is 10.5. The van der Waals surface area contributed by atoms with Gasteiger partial charge in [0.2, 0.25) is 0 Å². The van der Waals surface area contributed by atoms with Gasteiger partial charge in [-0.2, -0.15) is 11.3 Å². The van der Waals surface area contributed by atoms with E-state index in [9.17, 15) is 4.79 Å². The summed E-state index contributed by atoms with van der Waals surface area (Å²) in [6, 6.07) is 10.6. The lowest BCUT2D eigenvalue weighted by molar-refractivity contribution is 0.102. The maximum absolute atomic E-state index is 12.4. The van der Waals surface area contributed by atoms with Gasteiger partial charge in [0.25, 0.3) is 5.91 Å². The number of rotatable bonds is 3. The van der Waals surface area contributed by atoms with E-state index in [1.54, 1.807) is 47.9 Å². The smallest absolute Gasteiger partial charge is 0.258 e. The minimum atomic E-state index is -0.308. The summed E-state index contributed by atoms with van der Waals surface area (Å²) in [6.45, 7) is 0. The van der Waals surface area contributed by atoms with Gasteiger partial charge in [0, 0.05) is 22.5 Å². The Morgan fingerprint density at radius 1 is 1.09 bits per heavy atom. The number of nitrogens with one attached hydrogen (secondary N) is 1. The molecular weight excluding hydrogens is 339 g/mol. The van der Waals surface area contributed by atoms with Gasteiger partial charge in [0.05, 0.1) is 5.56 Å². The van der Waals surface area contributed by atoms with Crippen molar-refractivity contribution in [1.29, 1.82) is 0 Å². The van der Waals surface area contributed by atoms with Crippen molar-refractivity contribution in [2.75, 3.05) is 5.32 Å². The fourth-order valence-electron chi connectivity index (χ4n) is 1.93. The van der Waals surface area contributed by atoms with Gasteiger partial charge in [-0.3, -0.25) is 4.79 Å².